The lowest BCUT2D eigenvalue weighted by Gasteiger charge is -2.31. The van der Waals surface area contributed by atoms with Gasteiger partial charge in [-0.25, -0.2) is 0 Å². The summed E-state index contributed by atoms with van der Waals surface area (Å²) in [5.74, 6) is 2.73. The van der Waals surface area contributed by atoms with E-state index in [2.05, 4.69) is 18.7 Å². The molecule has 5 nitrogen and oxygen atoms in total. The van der Waals surface area contributed by atoms with Gasteiger partial charge in [-0.3, -0.25) is 4.90 Å². The summed E-state index contributed by atoms with van der Waals surface area (Å²) in [4.78, 5) is 2.50. The van der Waals surface area contributed by atoms with E-state index in [0.717, 1.165) is 58.3 Å². The molecule has 35 heavy (non-hydrogen) atoms. The van der Waals surface area contributed by atoms with Crippen molar-refractivity contribution >= 4 is 11.1 Å². The van der Waals surface area contributed by atoms with Gasteiger partial charge in [-0.15, -0.1) is 0 Å². The van der Waals surface area contributed by atoms with E-state index in [0.29, 0.717) is 12.6 Å². The number of aromatic hydroxyl groups is 2. The van der Waals surface area contributed by atoms with Crippen molar-refractivity contribution in [3.05, 3.63) is 83.4 Å². The molecular formula is C30H33NO4. The maximum absolute atomic E-state index is 10.1. The van der Waals surface area contributed by atoms with Gasteiger partial charge in [0.15, 0.2) is 0 Å². The van der Waals surface area contributed by atoms with Crippen molar-refractivity contribution in [2.24, 2.45) is 5.92 Å². The van der Waals surface area contributed by atoms with Crippen molar-refractivity contribution in [1.29, 1.82) is 0 Å². The average molecular weight is 472 g/mol. The number of nitrogens with zero attached hydrogens (tertiary/aromatic N) is 1. The van der Waals surface area contributed by atoms with E-state index in [1.807, 2.05) is 43.3 Å². The van der Waals surface area contributed by atoms with Gasteiger partial charge in [-0.05, 0) is 91.9 Å². The second-order valence-corrected chi connectivity index (χ2v) is 9.89. The first-order valence-electron chi connectivity index (χ1n) is 12.4. The van der Waals surface area contributed by atoms with Crippen LogP contribution in [-0.2, 0) is 0 Å². The van der Waals surface area contributed by atoms with Gasteiger partial charge < -0.3 is 19.7 Å². The van der Waals surface area contributed by atoms with Crippen LogP contribution in [0.3, 0.4) is 0 Å². The molecule has 5 rings (SSSR count). The van der Waals surface area contributed by atoms with Gasteiger partial charge >= 0.3 is 0 Å². The fraction of sp³-hybridized carbons (Fsp3) is 0.333. The molecule has 0 amide bonds. The quantitative estimate of drug-likeness (QED) is 0.444. The molecule has 182 valence electrons. The topological polar surface area (TPSA) is 62.2 Å². The van der Waals surface area contributed by atoms with Crippen LogP contribution in [0.1, 0.15) is 50.0 Å². The van der Waals surface area contributed by atoms with Crippen molar-refractivity contribution in [3.63, 3.8) is 0 Å². The smallest absolute Gasteiger partial charge is 0.150 e. The van der Waals surface area contributed by atoms with Gasteiger partial charge in [0, 0.05) is 23.7 Å². The van der Waals surface area contributed by atoms with E-state index in [9.17, 15) is 10.2 Å². The van der Waals surface area contributed by atoms with Crippen LogP contribution in [0.5, 0.6) is 23.0 Å². The zero-order chi connectivity index (χ0) is 24.5. The molecule has 0 spiro atoms. The zero-order valence-electron chi connectivity index (χ0n) is 20.6. The lowest BCUT2D eigenvalue weighted by Crippen LogP contribution is -2.35. The van der Waals surface area contributed by atoms with Gasteiger partial charge in [0.25, 0.3) is 0 Å². The molecule has 3 atom stereocenters. The first-order chi connectivity index (χ1) is 16.9. The Labute approximate surface area is 207 Å². The second kappa shape index (κ2) is 9.67. The number of benzene rings is 3. The maximum Gasteiger partial charge on any atom is 0.150 e. The van der Waals surface area contributed by atoms with E-state index in [1.165, 1.54) is 6.42 Å². The first-order valence-corrected chi connectivity index (χ1v) is 12.4. The summed E-state index contributed by atoms with van der Waals surface area (Å²) in [5.41, 5.74) is 4.70. The normalized spacial score (nSPS) is 20.9. The predicted molar refractivity (Wildman–Crippen MR) is 139 cm³/mol. The number of hydrogen-bond donors (Lipinski definition) is 2. The number of ether oxygens (including phenoxy) is 2. The largest absolute Gasteiger partial charge is 0.508 e. The molecule has 0 saturated carbocycles. The number of phenolic OH excluding ortho intramolecular Hbond substituents is 2. The summed E-state index contributed by atoms with van der Waals surface area (Å²) < 4.78 is 12.6. The van der Waals surface area contributed by atoms with Crippen molar-refractivity contribution in [2.75, 3.05) is 19.7 Å². The van der Waals surface area contributed by atoms with E-state index in [1.54, 1.807) is 30.3 Å². The maximum atomic E-state index is 10.1. The molecule has 0 bridgehead atoms. The monoisotopic (exact) mass is 471 g/mol. The minimum Gasteiger partial charge on any atom is -0.508 e. The highest BCUT2D eigenvalue weighted by Crippen LogP contribution is 2.47. The third-order valence-electron chi connectivity index (χ3n) is 7.19. The summed E-state index contributed by atoms with van der Waals surface area (Å²) in [6, 6.07) is 20.9. The molecule has 3 aromatic rings. The molecule has 0 radical (unpaired) electrons. The number of rotatable bonds is 6. The van der Waals surface area contributed by atoms with Crippen LogP contribution >= 0.6 is 0 Å². The highest BCUT2D eigenvalue weighted by Gasteiger charge is 2.30. The van der Waals surface area contributed by atoms with E-state index in [-0.39, 0.29) is 17.6 Å². The molecule has 2 N–H and O–H groups in total. The summed E-state index contributed by atoms with van der Waals surface area (Å²) in [7, 11) is 0. The van der Waals surface area contributed by atoms with Gasteiger partial charge in [-0.1, -0.05) is 31.2 Å². The van der Waals surface area contributed by atoms with Gasteiger partial charge in [-0.2, -0.15) is 0 Å². The van der Waals surface area contributed by atoms with E-state index < -0.39 is 0 Å². The van der Waals surface area contributed by atoms with Crippen molar-refractivity contribution in [3.8, 4) is 23.0 Å². The molecular weight excluding hydrogens is 438 g/mol. The Morgan fingerprint density at radius 2 is 1.80 bits per heavy atom. The van der Waals surface area contributed by atoms with Crippen LogP contribution in [0, 0.1) is 5.92 Å². The van der Waals surface area contributed by atoms with E-state index in [4.69, 9.17) is 9.47 Å². The SMILES string of the molecule is CC1=C(c2cccc(O)c2)C(c2ccc(OC[C@H](C)N3CC[C@@H](C)C3)cc2)Oc2ccc(O)cc21. The van der Waals surface area contributed by atoms with Gasteiger partial charge in [0.05, 0.1) is 0 Å². The van der Waals surface area contributed by atoms with Gasteiger partial charge in [0.2, 0.25) is 0 Å². The average Bonchev–Trinajstić information content (AvgIpc) is 3.29. The Morgan fingerprint density at radius 3 is 2.51 bits per heavy atom. The van der Waals surface area contributed by atoms with Crippen LogP contribution in [-0.4, -0.2) is 40.9 Å². The van der Waals surface area contributed by atoms with Crippen LogP contribution in [0.4, 0.5) is 0 Å². The number of hydrogen-bond acceptors (Lipinski definition) is 5. The Balaban J connectivity index is 1.41. The van der Waals surface area contributed by atoms with Crippen LogP contribution < -0.4 is 9.47 Å². The highest BCUT2D eigenvalue weighted by atomic mass is 16.5. The first kappa shape index (κ1) is 23.3. The van der Waals surface area contributed by atoms with Crippen LogP contribution in [0.25, 0.3) is 11.1 Å². The fourth-order valence-electron chi connectivity index (χ4n) is 5.15. The fourth-order valence-corrected chi connectivity index (χ4v) is 5.15. The van der Waals surface area contributed by atoms with Crippen molar-refractivity contribution in [1.82, 2.24) is 4.90 Å². The molecule has 1 fully saturated rings. The third-order valence-corrected chi connectivity index (χ3v) is 7.19. The summed E-state index contributed by atoms with van der Waals surface area (Å²) >= 11 is 0. The highest BCUT2D eigenvalue weighted by molar-refractivity contribution is 5.95. The molecule has 0 aliphatic carbocycles. The third kappa shape index (κ3) is 4.87. The lowest BCUT2D eigenvalue weighted by molar-refractivity contribution is 0.169. The van der Waals surface area contributed by atoms with Crippen molar-refractivity contribution in [2.45, 2.75) is 39.3 Å². The van der Waals surface area contributed by atoms with Crippen molar-refractivity contribution < 1.29 is 19.7 Å². The Bertz CT molecular complexity index is 1230. The number of allylic oxidation sites excluding steroid dienone is 1. The predicted octanol–water partition coefficient (Wildman–Crippen LogP) is 6.27. The minimum atomic E-state index is -0.354. The molecule has 5 heteroatoms. The zero-order valence-corrected chi connectivity index (χ0v) is 20.6. The molecule has 3 aromatic carbocycles. The lowest BCUT2D eigenvalue weighted by atomic mass is 9.86. The number of likely N-dealkylation sites (tertiary alicyclic amines) is 1. The van der Waals surface area contributed by atoms with E-state index >= 15 is 0 Å². The second-order valence-electron chi connectivity index (χ2n) is 9.89. The molecule has 0 aromatic heterocycles. The molecule has 1 saturated heterocycles. The Kier molecular flexibility index (Phi) is 6.44. The molecule has 1 unspecified atom stereocenters. The number of phenols is 2. The summed E-state index contributed by atoms with van der Waals surface area (Å²) in [6.45, 7) is 9.52. The Hall–Kier alpha value is -3.44. The Morgan fingerprint density at radius 1 is 1.03 bits per heavy atom. The standard InChI is InChI=1S/C30H33NO4/c1-19-13-14-31(17-19)20(2)18-34-26-10-7-22(8-11-26)30-29(23-5-4-6-24(32)15-23)21(3)27-16-25(33)9-12-28(27)35-30/h4-12,15-16,19-20,30,32-33H,13-14,17-18H2,1-3H3/t19-,20+,30?/m1/s1. The van der Waals surface area contributed by atoms with Crippen LogP contribution in [0.2, 0.25) is 0 Å². The molecule has 2 aliphatic rings. The number of fused-ring (bicyclic) bond motifs is 1. The molecule has 2 aliphatic heterocycles. The van der Waals surface area contributed by atoms with Crippen LogP contribution in [0.15, 0.2) is 66.7 Å². The summed E-state index contributed by atoms with van der Waals surface area (Å²) in [6.07, 6.45) is 0.908. The molecule has 2 heterocycles. The summed E-state index contributed by atoms with van der Waals surface area (Å²) in [5, 5.41) is 20.2. The van der Waals surface area contributed by atoms with Gasteiger partial charge in [0.1, 0.15) is 35.7 Å². The minimum absolute atomic E-state index is 0.194.